The van der Waals surface area contributed by atoms with Crippen molar-refractivity contribution >= 4 is 12.0 Å². The first-order valence-corrected chi connectivity index (χ1v) is 8.88. The van der Waals surface area contributed by atoms with E-state index < -0.39 is 0 Å². The highest BCUT2D eigenvalue weighted by molar-refractivity contribution is 5.94. The molecule has 1 aromatic rings. The third-order valence-electron chi connectivity index (χ3n) is 5.33. The first-order chi connectivity index (χ1) is 11.7. The molecule has 0 saturated carbocycles. The van der Waals surface area contributed by atoms with Crippen molar-refractivity contribution in [3.05, 3.63) is 35.9 Å². The summed E-state index contributed by atoms with van der Waals surface area (Å²) in [6, 6.07) is 10.0. The molecule has 1 aromatic carbocycles. The average Bonchev–Trinajstić information content (AvgIpc) is 2.89. The number of piperidine rings is 1. The van der Waals surface area contributed by atoms with Gasteiger partial charge in [-0.15, -0.1) is 0 Å². The summed E-state index contributed by atoms with van der Waals surface area (Å²) < 4.78 is 4.91. The zero-order chi connectivity index (χ0) is 16.9. The Hall–Kier alpha value is -2.04. The van der Waals surface area contributed by atoms with Gasteiger partial charge in [0, 0.05) is 24.2 Å². The third-order valence-corrected chi connectivity index (χ3v) is 5.33. The van der Waals surface area contributed by atoms with E-state index in [1.807, 2.05) is 35.2 Å². The van der Waals surface area contributed by atoms with Gasteiger partial charge in [-0.3, -0.25) is 4.79 Å². The van der Waals surface area contributed by atoms with E-state index in [0.717, 1.165) is 38.5 Å². The first-order valence-electron chi connectivity index (χ1n) is 8.88. The number of nitrogens with one attached hydrogen (secondary N) is 1. The van der Waals surface area contributed by atoms with Crippen molar-refractivity contribution < 1.29 is 14.3 Å². The van der Waals surface area contributed by atoms with E-state index in [1.54, 1.807) is 0 Å². The summed E-state index contributed by atoms with van der Waals surface area (Å²) in [7, 11) is 1.46. The van der Waals surface area contributed by atoms with Crippen molar-refractivity contribution in [2.75, 3.05) is 13.7 Å². The fraction of sp³-hybridized carbons (Fsp3) is 0.579. The van der Waals surface area contributed by atoms with E-state index in [9.17, 15) is 9.59 Å². The quantitative estimate of drug-likeness (QED) is 0.844. The highest BCUT2D eigenvalue weighted by Gasteiger charge is 2.43. The van der Waals surface area contributed by atoms with Crippen LogP contribution in [0.3, 0.4) is 0 Å². The monoisotopic (exact) mass is 330 g/mol. The molecule has 0 aromatic heterocycles. The summed E-state index contributed by atoms with van der Waals surface area (Å²) >= 11 is 0. The van der Waals surface area contributed by atoms with Gasteiger partial charge in [0.15, 0.2) is 0 Å². The van der Waals surface area contributed by atoms with Crippen LogP contribution in [0.4, 0.5) is 4.79 Å². The van der Waals surface area contributed by atoms with Crippen LogP contribution in [0.5, 0.6) is 0 Å². The summed E-state index contributed by atoms with van der Waals surface area (Å²) in [4.78, 5) is 25.8. The second kappa shape index (κ2) is 7.69. The minimum Gasteiger partial charge on any atom is -0.453 e. The van der Waals surface area contributed by atoms with Crippen molar-refractivity contribution in [3.8, 4) is 0 Å². The minimum absolute atomic E-state index is 0.00354. The standard InChI is InChI=1S/C19H26N2O3/c1-24-19(23)21-16-9-10-17(21)13-14(12-16)6-5-11-20-18(22)15-7-3-2-4-8-15/h2-4,7-8,14,16-17H,5-6,9-13H2,1H3,(H,20,22). The van der Waals surface area contributed by atoms with E-state index in [2.05, 4.69) is 5.32 Å². The molecule has 2 heterocycles. The Bertz CT molecular complexity index is 561. The maximum atomic E-state index is 12.0. The van der Waals surface area contributed by atoms with Crippen LogP contribution in [0.15, 0.2) is 30.3 Å². The number of rotatable bonds is 5. The molecule has 130 valence electrons. The number of nitrogens with zero attached hydrogens (tertiary/aromatic N) is 1. The van der Waals surface area contributed by atoms with Gasteiger partial charge in [0.1, 0.15) is 0 Å². The molecule has 2 aliphatic rings. The van der Waals surface area contributed by atoms with Gasteiger partial charge in [-0.25, -0.2) is 4.79 Å². The van der Waals surface area contributed by atoms with Crippen LogP contribution in [0.2, 0.25) is 0 Å². The smallest absolute Gasteiger partial charge is 0.409 e. The molecule has 0 radical (unpaired) electrons. The first kappa shape index (κ1) is 16.8. The highest BCUT2D eigenvalue weighted by atomic mass is 16.5. The molecule has 2 atom stereocenters. The second-order valence-electron chi connectivity index (χ2n) is 6.86. The number of hydrogen-bond acceptors (Lipinski definition) is 3. The molecule has 0 spiro atoms. The Morgan fingerprint density at radius 1 is 1.17 bits per heavy atom. The molecule has 2 fully saturated rings. The number of carbonyl (C=O) groups excluding carboxylic acids is 2. The fourth-order valence-corrected chi connectivity index (χ4v) is 4.21. The van der Waals surface area contributed by atoms with Gasteiger partial charge in [-0.2, -0.15) is 0 Å². The summed E-state index contributed by atoms with van der Waals surface area (Å²) in [5.41, 5.74) is 0.710. The number of benzene rings is 1. The molecule has 2 bridgehead atoms. The number of ether oxygens (including phenoxy) is 1. The Morgan fingerprint density at radius 2 is 1.83 bits per heavy atom. The van der Waals surface area contributed by atoms with Crippen LogP contribution in [0.25, 0.3) is 0 Å². The Morgan fingerprint density at radius 3 is 2.46 bits per heavy atom. The molecule has 5 nitrogen and oxygen atoms in total. The molecule has 2 saturated heterocycles. The number of carbonyl (C=O) groups is 2. The summed E-state index contributed by atoms with van der Waals surface area (Å²) in [6.07, 6.45) is 6.26. The summed E-state index contributed by atoms with van der Waals surface area (Å²) in [5.74, 6) is 0.646. The normalized spacial score (nSPS) is 25.4. The summed E-state index contributed by atoms with van der Waals surface area (Å²) in [6.45, 7) is 0.709. The average molecular weight is 330 g/mol. The molecule has 1 N–H and O–H groups in total. The molecule has 2 aliphatic heterocycles. The van der Waals surface area contributed by atoms with Gasteiger partial charge < -0.3 is 15.0 Å². The molecule has 2 amide bonds. The summed E-state index contributed by atoms with van der Waals surface area (Å²) in [5, 5.41) is 2.99. The van der Waals surface area contributed by atoms with E-state index in [4.69, 9.17) is 4.74 Å². The van der Waals surface area contributed by atoms with Crippen molar-refractivity contribution in [2.24, 2.45) is 5.92 Å². The SMILES string of the molecule is COC(=O)N1C2CCC1CC(CCCNC(=O)c1ccccc1)C2. The number of amides is 2. The lowest BCUT2D eigenvalue weighted by molar-refractivity contribution is 0.0690. The molecular formula is C19H26N2O3. The molecule has 3 rings (SSSR count). The maximum Gasteiger partial charge on any atom is 0.409 e. The van der Waals surface area contributed by atoms with Crippen LogP contribution in [0, 0.1) is 5.92 Å². The van der Waals surface area contributed by atoms with Gasteiger partial charge in [0.25, 0.3) is 5.91 Å². The number of hydrogen-bond donors (Lipinski definition) is 1. The van der Waals surface area contributed by atoms with Gasteiger partial charge in [-0.05, 0) is 56.6 Å². The van der Waals surface area contributed by atoms with Gasteiger partial charge in [-0.1, -0.05) is 18.2 Å². The number of methoxy groups -OCH3 is 1. The van der Waals surface area contributed by atoms with Crippen LogP contribution < -0.4 is 5.32 Å². The number of fused-ring (bicyclic) bond motifs is 2. The predicted octanol–water partition coefficient (Wildman–Crippen LogP) is 3.21. The maximum absolute atomic E-state index is 12.0. The van der Waals surface area contributed by atoms with Crippen LogP contribution in [0.1, 0.15) is 48.9 Å². The lowest BCUT2D eigenvalue weighted by atomic mass is 9.87. The van der Waals surface area contributed by atoms with Gasteiger partial charge >= 0.3 is 6.09 Å². The molecule has 0 aliphatic carbocycles. The third kappa shape index (κ3) is 3.71. The van der Waals surface area contributed by atoms with E-state index in [1.165, 1.54) is 7.11 Å². The van der Waals surface area contributed by atoms with Crippen molar-refractivity contribution in [2.45, 2.75) is 50.6 Å². The topological polar surface area (TPSA) is 58.6 Å². The highest BCUT2D eigenvalue weighted by Crippen LogP contribution is 2.40. The van der Waals surface area contributed by atoms with E-state index in [0.29, 0.717) is 30.1 Å². The van der Waals surface area contributed by atoms with Crippen molar-refractivity contribution in [3.63, 3.8) is 0 Å². The molecule has 2 unspecified atom stereocenters. The lowest BCUT2D eigenvalue weighted by Crippen LogP contribution is -2.46. The second-order valence-corrected chi connectivity index (χ2v) is 6.86. The van der Waals surface area contributed by atoms with Crippen molar-refractivity contribution in [1.29, 1.82) is 0 Å². The van der Waals surface area contributed by atoms with Gasteiger partial charge in [0.2, 0.25) is 0 Å². The molecule has 5 heteroatoms. The fourth-order valence-electron chi connectivity index (χ4n) is 4.21. The Balaban J connectivity index is 1.40. The van der Waals surface area contributed by atoms with Crippen molar-refractivity contribution in [1.82, 2.24) is 10.2 Å². The predicted molar refractivity (Wildman–Crippen MR) is 91.8 cm³/mol. The van der Waals surface area contributed by atoms with Crippen LogP contribution in [-0.2, 0) is 4.74 Å². The van der Waals surface area contributed by atoms with Crippen LogP contribution in [-0.4, -0.2) is 42.6 Å². The van der Waals surface area contributed by atoms with Crippen LogP contribution >= 0.6 is 0 Å². The lowest BCUT2D eigenvalue weighted by Gasteiger charge is -2.38. The molecule has 24 heavy (non-hydrogen) atoms. The minimum atomic E-state index is -0.170. The zero-order valence-electron chi connectivity index (χ0n) is 14.2. The Kier molecular flexibility index (Phi) is 5.38. The van der Waals surface area contributed by atoms with E-state index in [-0.39, 0.29) is 12.0 Å². The largest absolute Gasteiger partial charge is 0.453 e. The Labute approximate surface area is 143 Å². The van der Waals surface area contributed by atoms with Gasteiger partial charge in [0.05, 0.1) is 7.11 Å². The van der Waals surface area contributed by atoms with E-state index >= 15 is 0 Å². The zero-order valence-corrected chi connectivity index (χ0v) is 14.2. The molecular weight excluding hydrogens is 304 g/mol.